The van der Waals surface area contributed by atoms with E-state index >= 15 is 0 Å². The van der Waals surface area contributed by atoms with Crippen molar-refractivity contribution in [3.05, 3.63) is 0 Å². The first-order chi connectivity index (χ1) is 8.18. The van der Waals surface area contributed by atoms with Crippen molar-refractivity contribution in [3.63, 3.8) is 0 Å². The summed E-state index contributed by atoms with van der Waals surface area (Å²) < 4.78 is 5.48. The second-order valence-electron chi connectivity index (χ2n) is 5.18. The van der Waals surface area contributed by atoms with Crippen LogP contribution in [0.4, 0.5) is 0 Å². The van der Waals surface area contributed by atoms with Crippen LogP contribution in [0.15, 0.2) is 4.99 Å². The molecule has 0 amide bonds. The quantitative estimate of drug-likeness (QED) is 0.406. The first-order valence-electron chi connectivity index (χ1n) is 6.84. The summed E-state index contributed by atoms with van der Waals surface area (Å²) in [5.41, 5.74) is 5.78. The lowest BCUT2D eigenvalue weighted by Crippen LogP contribution is -2.33. The Kier molecular flexibility index (Phi) is 7.01. The Morgan fingerprint density at radius 2 is 2.29 bits per heavy atom. The SMILES string of the molecule is CC(C)CCCCNC(N)=NCC1CCCO1. The molecule has 1 aliphatic heterocycles. The van der Waals surface area contributed by atoms with E-state index < -0.39 is 0 Å². The summed E-state index contributed by atoms with van der Waals surface area (Å²) in [6, 6.07) is 0. The van der Waals surface area contributed by atoms with E-state index in [1.807, 2.05) is 0 Å². The summed E-state index contributed by atoms with van der Waals surface area (Å²) in [5, 5.41) is 3.15. The Bertz CT molecular complexity index is 223. The molecule has 1 aliphatic rings. The standard InChI is InChI=1S/C13H27N3O/c1-11(2)6-3-4-8-15-13(14)16-10-12-7-5-9-17-12/h11-12H,3-10H2,1-2H3,(H3,14,15,16). The summed E-state index contributed by atoms with van der Waals surface area (Å²) in [7, 11) is 0. The molecule has 4 heteroatoms. The number of rotatable bonds is 7. The van der Waals surface area contributed by atoms with E-state index in [0.717, 1.165) is 38.3 Å². The lowest BCUT2D eigenvalue weighted by atomic mass is 10.1. The minimum Gasteiger partial charge on any atom is -0.376 e. The predicted molar refractivity (Wildman–Crippen MR) is 72.2 cm³/mol. The molecule has 1 rings (SSSR count). The van der Waals surface area contributed by atoms with Crippen molar-refractivity contribution < 1.29 is 4.74 Å². The number of nitrogens with zero attached hydrogens (tertiary/aromatic N) is 1. The van der Waals surface area contributed by atoms with Crippen LogP contribution in [0.3, 0.4) is 0 Å². The molecule has 1 heterocycles. The molecule has 1 unspecified atom stereocenters. The second-order valence-corrected chi connectivity index (χ2v) is 5.18. The third kappa shape index (κ3) is 7.21. The van der Waals surface area contributed by atoms with Crippen LogP contribution in [-0.4, -0.2) is 31.8 Å². The van der Waals surface area contributed by atoms with Gasteiger partial charge in [-0.15, -0.1) is 0 Å². The third-order valence-corrected chi connectivity index (χ3v) is 3.00. The van der Waals surface area contributed by atoms with Crippen LogP contribution < -0.4 is 11.1 Å². The van der Waals surface area contributed by atoms with E-state index in [0.29, 0.717) is 12.5 Å². The maximum Gasteiger partial charge on any atom is 0.188 e. The number of aliphatic imine (C=N–C) groups is 1. The molecule has 17 heavy (non-hydrogen) atoms. The largest absolute Gasteiger partial charge is 0.376 e. The fourth-order valence-corrected chi connectivity index (χ4v) is 1.94. The molecule has 1 atom stereocenters. The first-order valence-corrected chi connectivity index (χ1v) is 6.84. The number of hydrogen-bond acceptors (Lipinski definition) is 2. The topological polar surface area (TPSA) is 59.6 Å². The minimum atomic E-state index is 0.288. The summed E-state index contributed by atoms with van der Waals surface area (Å²) >= 11 is 0. The molecule has 100 valence electrons. The van der Waals surface area contributed by atoms with Gasteiger partial charge in [0.05, 0.1) is 12.6 Å². The van der Waals surface area contributed by atoms with Crippen molar-refractivity contribution in [1.82, 2.24) is 5.32 Å². The molecule has 0 aromatic heterocycles. The van der Waals surface area contributed by atoms with Gasteiger partial charge in [0, 0.05) is 13.2 Å². The second kappa shape index (κ2) is 8.34. The zero-order chi connectivity index (χ0) is 12.5. The summed E-state index contributed by atoms with van der Waals surface area (Å²) in [6.07, 6.45) is 6.26. The molecule has 0 saturated carbocycles. The highest BCUT2D eigenvalue weighted by molar-refractivity contribution is 5.77. The van der Waals surface area contributed by atoms with Gasteiger partial charge >= 0.3 is 0 Å². The molecule has 0 aliphatic carbocycles. The van der Waals surface area contributed by atoms with Crippen molar-refractivity contribution in [3.8, 4) is 0 Å². The van der Waals surface area contributed by atoms with Gasteiger partial charge in [0.1, 0.15) is 0 Å². The highest BCUT2D eigenvalue weighted by atomic mass is 16.5. The van der Waals surface area contributed by atoms with Crippen molar-refractivity contribution in [1.29, 1.82) is 0 Å². The van der Waals surface area contributed by atoms with Gasteiger partial charge < -0.3 is 15.8 Å². The Morgan fingerprint density at radius 1 is 1.47 bits per heavy atom. The number of nitrogens with one attached hydrogen (secondary N) is 1. The van der Waals surface area contributed by atoms with Crippen LogP contribution in [0.25, 0.3) is 0 Å². The molecule has 0 bridgehead atoms. The maximum atomic E-state index is 5.78. The Morgan fingerprint density at radius 3 is 2.94 bits per heavy atom. The Hall–Kier alpha value is -0.770. The van der Waals surface area contributed by atoms with Crippen LogP contribution in [0.1, 0.15) is 46.0 Å². The van der Waals surface area contributed by atoms with Gasteiger partial charge in [0.2, 0.25) is 0 Å². The van der Waals surface area contributed by atoms with Crippen LogP contribution in [-0.2, 0) is 4.74 Å². The number of guanidine groups is 1. The summed E-state index contributed by atoms with van der Waals surface area (Å²) in [4.78, 5) is 4.30. The van der Waals surface area contributed by atoms with Crippen molar-refractivity contribution in [2.24, 2.45) is 16.6 Å². The van der Waals surface area contributed by atoms with Gasteiger partial charge in [0.15, 0.2) is 5.96 Å². The van der Waals surface area contributed by atoms with Crippen molar-refractivity contribution in [2.75, 3.05) is 19.7 Å². The Labute approximate surface area is 105 Å². The lowest BCUT2D eigenvalue weighted by molar-refractivity contribution is 0.118. The molecule has 4 nitrogen and oxygen atoms in total. The van der Waals surface area contributed by atoms with E-state index in [4.69, 9.17) is 10.5 Å². The fraction of sp³-hybridized carbons (Fsp3) is 0.923. The number of nitrogens with two attached hydrogens (primary N) is 1. The van der Waals surface area contributed by atoms with Crippen LogP contribution in [0.2, 0.25) is 0 Å². The van der Waals surface area contributed by atoms with Crippen molar-refractivity contribution >= 4 is 5.96 Å². The average molecular weight is 241 g/mol. The predicted octanol–water partition coefficient (Wildman–Crippen LogP) is 1.90. The maximum absolute atomic E-state index is 5.78. The van der Waals surface area contributed by atoms with E-state index in [9.17, 15) is 0 Å². The van der Waals surface area contributed by atoms with Crippen LogP contribution in [0.5, 0.6) is 0 Å². The zero-order valence-corrected chi connectivity index (χ0v) is 11.2. The monoisotopic (exact) mass is 241 g/mol. The van der Waals surface area contributed by atoms with Gasteiger partial charge in [-0.25, -0.2) is 0 Å². The summed E-state index contributed by atoms with van der Waals surface area (Å²) in [5.74, 6) is 1.35. The minimum absolute atomic E-state index is 0.288. The molecule has 0 aromatic rings. The highest BCUT2D eigenvalue weighted by Crippen LogP contribution is 2.11. The Balaban J connectivity index is 1.99. The molecule has 0 spiro atoms. The van der Waals surface area contributed by atoms with E-state index in [-0.39, 0.29) is 6.10 Å². The molecular formula is C13H27N3O. The van der Waals surface area contributed by atoms with E-state index in [2.05, 4.69) is 24.2 Å². The molecule has 1 fully saturated rings. The molecule has 0 radical (unpaired) electrons. The van der Waals surface area contributed by atoms with Gasteiger partial charge in [0.25, 0.3) is 0 Å². The van der Waals surface area contributed by atoms with E-state index in [1.165, 1.54) is 12.8 Å². The zero-order valence-electron chi connectivity index (χ0n) is 11.2. The fourth-order valence-electron chi connectivity index (χ4n) is 1.94. The van der Waals surface area contributed by atoms with Crippen LogP contribution >= 0.6 is 0 Å². The van der Waals surface area contributed by atoms with Gasteiger partial charge in [-0.1, -0.05) is 26.7 Å². The lowest BCUT2D eigenvalue weighted by Gasteiger charge is -2.08. The normalized spacial score (nSPS) is 21.1. The molecule has 3 N–H and O–H groups in total. The van der Waals surface area contributed by atoms with E-state index in [1.54, 1.807) is 0 Å². The van der Waals surface area contributed by atoms with Gasteiger partial charge in [-0.05, 0) is 25.2 Å². The molecule has 0 aromatic carbocycles. The highest BCUT2D eigenvalue weighted by Gasteiger charge is 2.14. The van der Waals surface area contributed by atoms with Crippen LogP contribution in [0, 0.1) is 5.92 Å². The molecular weight excluding hydrogens is 214 g/mol. The first kappa shape index (κ1) is 14.3. The molecule has 1 saturated heterocycles. The summed E-state index contributed by atoms with van der Waals surface area (Å²) in [6.45, 7) is 7.01. The van der Waals surface area contributed by atoms with Crippen molar-refractivity contribution in [2.45, 2.75) is 52.1 Å². The number of unbranched alkanes of at least 4 members (excludes halogenated alkanes) is 1. The third-order valence-electron chi connectivity index (χ3n) is 3.00. The number of hydrogen-bond donors (Lipinski definition) is 2. The smallest absolute Gasteiger partial charge is 0.188 e. The average Bonchev–Trinajstić information content (AvgIpc) is 2.78. The van der Waals surface area contributed by atoms with Gasteiger partial charge in [-0.2, -0.15) is 0 Å². The van der Waals surface area contributed by atoms with Gasteiger partial charge in [-0.3, -0.25) is 4.99 Å². The number of ether oxygens (including phenoxy) is 1.